The zero-order chi connectivity index (χ0) is 15.6. The van der Waals surface area contributed by atoms with Gasteiger partial charge in [0.1, 0.15) is 22.7 Å². The van der Waals surface area contributed by atoms with Crippen LogP contribution in [0.3, 0.4) is 0 Å². The van der Waals surface area contributed by atoms with E-state index in [9.17, 15) is 0 Å². The van der Waals surface area contributed by atoms with Gasteiger partial charge in [0.2, 0.25) is 0 Å². The Hall–Kier alpha value is -2.14. The van der Waals surface area contributed by atoms with Crippen LogP contribution in [0.5, 0.6) is 5.75 Å². The van der Waals surface area contributed by atoms with E-state index >= 15 is 0 Å². The summed E-state index contributed by atoms with van der Waals surface area (Å²) in [7, 11) is 0. The quantitative estimate of drug-likeness (QED) is 0.711. The first kappa shape index (κ1) is 14.5. The maximum absolute atomic E-state index is 5.55. The Kier molecular flexibility index (Phi) is 3.87. The number of anilines is 1. The van der Waals surface area contributed by atoms with Crippen LogP contribution in [0.25, 0.3) is 10.2 Å². The average Bonchev–Trinajstić information content (AvgIpc) is 3.25. The van der Waals surface area contributed by atoms with Crippen molar-refractivity contribution in [1.82, 2.24) is 9.97 Å². The fourth-order valence-corrected chi connectivity index (χ4v) is 4.05. The molecule has 0 radical (unpaired) electrons. The number of benzene rings is 1. The molecule has 118 valence electrons. The van der Waals surface area contributed by atoms with Crippen LogP contribution in [-0.2, 0) is 0 Å². The molecule has 4 nitrogen and oxygen atoms in total. The summed E-state index contributed by atoms with van der Waals surface area (Å²) in [4.78, 5) is 12.4. The second-order valence-electron chi connectivity index (χ2n) is 5.69. The molecule has 0 N–H and O–H groups in total. The van der Waals surface area contributed by atoms with E-state index in [0.29, 0.717) is 12.6 Å². The molecule has 1 saturated heterocycles. The third-order valence-electron chi connectivity index (χ3n) is 4.34. The molecule has 23 heavy (non-hydrogen) atoms. The van der Waals surface area contributed by atoms with Crippen LogP contribution in [0.15, 0.2) is 42.0 Å². The molecule has 1 atom stereocenters. The van der Waals surface area contributed by atoms with Crippen LogP contribution in [0.1, 0.15) is 31.4 Å². The molecule has 1 aromatic carbocycles. The fourth-order valence-electron chi connectivity index (χ4n) is 3.33. The first-order chi connectivity index (χ1) is 11.4. The van der Waals surface area contributed by atoms with Crippen molar-refractivity contribution in [1.29, 1.82) is 0 Å². The number of thiophene rings is 1. The van der Waals surface area contributed by atoms with Gasteiger partial charge in [0, 0.05) is 6.54 Å². The fraction of sp³-hybridized carbons (Fsp3) is 0.333. The number of hydrogen-bond acceptors (Lipinski definition) is 5. The maximum Gasteiger partial charge on any atom is 0.141 e. The molecule has 4 rings (SSSR count). The lowest BCUT2D eigenvalue weighted by Crippen LogP contribution is -2.23. The number of nitrogens with zero attached hydrogens (tertiary/aromatic N) is 3. The van der Waals surface area contributed by atoms with E-state index in [1.165, 1.54) is 12.0 Å². The van der Waals surface area contributed by atoms with Crippen molar-refractivity contribution in [3.63, 3.8) is 0 Å². The highest BCUT2D eigenvalue weighted by molar-refractivity contribution is 7.16. The summed E-state index contributed by atoms with van der Waals surface area (Å²) in [6.45, 7) is 3.75. The predicted molar refractivity (Wildman–Crippen MR) is 94.3 cm³/mol. The number of rotatable bonds is 4. The van der Waals surface area contributed by atoms with Gasteiger partial charge in [0.25, 0.3) is 0 Å². The second kappa shape index (κ2) is 6.16. The van der Waals surface area contributed by atoms with E-state index in [2.05, 4.69) is 50.6 Å². The molecule has 2 aromatic heterocycles. The van der Waals surface area contributed by atoms with E-state index in [1.807, 2.05) is 6.92 Å². The third kappa shape index (κ3) is 2.65. The standard InChI is InChI=1S/C18H19N3OS/c1-2-22-14-7-5-13(6-8-14)16-4-3-10-21(16)17-15-9-11-23-18(15)20-12-19-17/h5-9,11-12,16H,2-4,10H2,1H3/t16-/m0/s1. The Morgan fingerprint density at radius 2 is 2.09 bits per heavy atom. The lowest BCUT2D eigenvalue weighted by molar-refractivity contribution is 0.340. The van der Waals surface area contributed by atoms with Gasteiger partial charge >= 0.3 is 0 Å². The molecule has 1 fully saturated rings. The van der Waals surface area contributed by atoms with Crippen molar-refractivity contribution in [3.8, 4) is 5.75 Å². The molecule has 0 saturated carbocycles. The van der Waals surface area contributed by atoms with Gasteiger partial charge in [0.05, 0.1) is 18.0 Å². The Morgan fingerprint density at radius 1 is 1.22 bits per heavy atom. The van der Waals surface area contributed by atoms with Crippen LogP contribution >= 0.6 is 11.3 Å². The minimum atomic E-state index is 0.378. The van der Waals surface area contributed by atoms with Gasteiger partial charge in [-0.2, -0.15) is 0 Å². The molecule has 1 aliphatic rings. The zero-order valence-corrected chi connectivity index (χ0v) is 13.9. The second-order valence-corrected chi connectivity index (χ2v) is 6.58. The van der Waals surface area contributed by atoms with Crippen LogP contribution in [0.4, 0.5) is 5.82 Å². The number of aromatic nitrogens is 2. The Labute approximate surface area is 139 Å². The van der Waals surface area contributed by atoms with E-state index in [4.69, 9.17) is 4.74 Å². The largest absolute Gasteiger partial charge is 0.494 e. The lowest BCUT2D eigenvalue weighted by atomic mass is 10.0. The van der Waals surface area contributed by atoms with Crippen LogP contribution < -0.4 is 9.64 Å². The predicted octanol–water partition coefficient (Wildman–Crippen LogP) is 4.43. The molecule has 3 heterocycles. The first-order valence-electron chi connectivity index (χ1n) is 8.04. The summed E-state index contributed by atoms with van der Waals surface area (Å²) in [5, 5.41) is 3.25. The Balaban J connectivity index is 1.67. The minimum Gasteiger partial charge on any atom is -0.494 e. The van der Waals surface area contributed by atoms with Crippen molar-refractivity contribution >= 4 is 27.4 Å². The summed E-state index contributed by atoms with van der Waals surface area (Å²) < 4.78 is 5.55. The third-order valence-corrected chi connectivity index (χ3v) is 5.16. The minimum absolute atomic E-state index is 0.378. The molecule has 1 aliphatic heterocycles. The Bertz CT molecular complexity index is 799. The summed E-state index contributed by atoms with van der Waals surface area (Å²) in [6.07, 6.45) is 4.03. The van der Waals surface area contributed by atoms with Crippen molar-refractivity contribution < 1.29 is 4.74 Å². The normalized spacial score (nSPS) is 17.8. The summed E-state index contributed by atoms with van der Waals surface area (Å²) in [5.41, 5.74) is 1.33. The highest BCUT2D eigenvalue weighted by atomic mass is 32.1. The van der Waals surface area contributed by atoms with E-state index in [1.54, 1.807) is 17.7 Å². The van der Waals surface area contributed by atoms with E-state index < -0.39 is 0 Å². The van der Waals surface area contributed by atoms with Gasteiger partial charge in [-0.05, 0) is 48.9 Å². The van der Waals surface area contributed by atoms with Crippen LogP contribution in [-0.4, -0.2) is 23.1 Å². The van der Waals surface area contributed by atoms with E-state index in [-0.39, 0.29) is 0 Å². The molecule has 3 aromatic rings. The SMILES string of the molecule is CCOc1ccc([C@@H]2CCCN2c2ncnc3sccc23)cc1. The van der Waals surface area contributed by atoms with Crippen molar-refractivity contribution in [3.05, 3.63) is 47.6 Å². The molecule has 0 amide bonds. The molecule has 5 heteroatoms. The highest BCUT2D eigenvalue weighted by Gasteiger charge is 2.28. The van der Waals surface area contributed by atoms with Crippen molar-refractivity contribution in [2.24, 2.45) is 0 Å². The summed E-state index contributed by atoms with van der Waals surface area (Å²) in [6, 6.07) is 11.0. The molecule has 0 aliphatic carbocycles. The number of fused-ring (bicyclic) bond motifs is 1. The van der Waals surface area contributed by atoms with Gasteiger partial charge in [0.15, 0.2) is 0 Å². The topological polar surface area (TPSA) is 38.2 Å². The Morgan fingerprint density at radius 3 is 2.91 bits per heavy atom. The van der Waals surface area contributed by atoms with Gasteiger partial charge in [-0.15, -0.1) is 11.3 Å². The van der Waals surface area contributed by atoms with Crippen LogP contribution in [0.2, 0.25) is 0 Å². The molecule has 0 unspecified atom stereocenters. The maximum atomic E-state index is 5.55. The first-order valence-corrected chi connectivity index (χ1v) is 8.92. The molecule has 0 bridgehead atoms. The summed E-state index contributed by atoms with van der Waals surface area (Å²) in [5.74, 6) is 2.00. The molecular formula is C18H19N3OS. The number of ether oxygens (including phenoxy) is 1. The van der Waals surface area contributed by atoms with Gasteiger partial charge in [-0.1, -0.05) is 12.1 Å². The lowest BCUT2D eigenvalue weighted by Gasteiger charge is -2.26. The monoisotopic (exact) mass is 325 g/mol. The van der Waals surface area contributed by atoms with Crippen molar-refractivity contribution in [2.45, 2.75) is 25.8 Å². The summed E-state index contributed by atoms with van der Waals surface area (Å²) >= 11 is 1.67. The molecular weight excluding hydrogens is 306 g/mol. The highest BCUT2D eigenvalue weighted by Crippen LogP contribution is 2.38. The average molecular weight is 325 g/mol. The van der Waals surface area contributed by atoms with E-state index in [0.717, 1.165) is 34.7 Å². The zero-order valence-electron chi connectivity index (χ0n) is 13.1. The van der Waals surface area contributed by atoms with Crippen molar-refractivity contribution in [2.75, 3.05) is 18.1 Å². The van der Waals surface area contributed by atoms with Gasteiger partial charge < -0.3 is 9.64 Å². The smallest absolute Gasteiger partial charge is 0.141 e. The van der Waals surface area contributed by atoms with Gasteiger partial charge in [-0.3, -0.25) is 0 Å². The molecule has 0 spiro atoms. The van der Waals surface area contributed by atoms with Crippen LogP contribution in [0, 0.1) is 0 Å². The van der Waals surface area contributed by atoms with Gasteiger partial charge in [-0.25, -0.2) is 9.97 Å². The number of hydrogen-bond donors (Lipinski definition) is 0.